The predicted molar refractivity (Wildman–Crippen MR) is 131 cm³/mol. The number of rotatable bonds is 4. The lowest BCUT2D eigenvalue weighted by atomic mass is 10.1. The summed E-state index contributed by atoms with van der Waals surface area (Å²) in [7, 11) is 0. The predicted octanol–water partition coefficient (Wildman–Crippen LogP) is 5.27. The molecule has 0 aliphatic carbocycles. The number of hydrogen-bond acceptors (Lipinski definition) is 6. The summed E-state index contributed by atoms with van der Waals surface area (Å²) in [6.45, 7) is 3.97. The highest BCUT2D eigenvalue weighted by molar-refractivity contribution is 9.10. The Balaban J connectivity index is 1.54. The Kier molecular flexibility index (Phi) is 6.33. The van der Waals surface area contributed by atoms with Gasteiger partial charge >= 0.3 is 0 Å². The van der Waals surface area contributed by atoms with Crippen LogP contribution in [0.15, 0.2) is 40.9 Å². The van der Waals surface area contributed by atoms with Crippen LogP contribution in [0.4, 0.5) is 5.69 Å². The second-order valence-electron chi connectivity index (χ2n) is 6.63. The number of thiocarbonyl (C=S) groups is 1. The van der Waals surface area contributed by atoms with Crippen LogP contribution in [0.2, 0.25) is 5.02 Å². The van der Waals surface area contributed by atoms with Crippen molar-refractivity contribution < 1.29 is 4.79 Å². The Bertz CT molecular complexity index is 1320. The number of anilines is 1. The van der Waals surface area contributed by atoms with Gasteiger partial charge in [0.25, 0.3) is 5.91 Å². The Hall–Kier alpha value is -2.40. The van der Waals surface area contributed by atoms with Crippen molar-refractivity contribution in [3.63, 3.8) is 0 Å². The molecule has 2 N–H and O–H groups in total. The van der Waals surface area contributed by atoms with Gasteiger partial charge < -0.3 is 5.32 Å². The van der Waals surface area contributed by atoms with Gasteiger partial charge in [-0.15, -0.1) is 10.2 Å². The Morgan fingerprint density at radius 2 is 2.06 bits per heavy atom. The summed E-state index contributed by atoms with van der Waals surface area (Å²) in [5.74, 6) is 0.427. The molecule has 0 saturated carbocycles. The van der Waals surface area contributed by atoms with E-state index in [-0.39, 0.29) is 5.11 Å². The number of carbonyl (C=O) groups excluding carboxylic acids is 1. The lowest BCUT2D eigenvalue weighted by Crippen LogP contribution is -2.34. The maximum Gasteiger partial charge on any atom is 0.258 e. The first kappa shape index (κ1) is 21.8. The van der Waals surface area contributed by atoms with Crippen molar-refractivity contribution in [1.82, 2.24) is 25.1 Å². The van der Waals surface area contributed by atoms with Crippen LogP contribution in [0.3, 0.4) is 0 Å². The fourth-order valence-corrected chi connectivity index (χ4v) is 4.50. The van der Waals surface area contributed by atoms with Gasteiger partial charge in [0.15, 0.2) is 10.9 Å². The number of benzene rings is 2. The van der Waals surface area contributed by atoms with Gasteiger partial charge in [-0.1, -0.05) is 57.9 Å². The minimum absolute atomic E-state index is 0.174. The van der Waals surface area contributed by atoms with Crippen LogP contribution < -0.4 is 10.6 Å². The van der Waals surface area contributed by atoms with E-state index in [1.165, 1.54) is 11.3 Å². The van der Waals surface area contributed by atoms with Crippen molar-refractivity contribution in [2.45, 2.75) is 20.3 Å². The highest BCUT2D eigenvalue weighted by Gasteiger charge is 2.15. The van der Waals surface area contributed by atoms with E-state index in [9.17, 15) is 4.79 Å². The number of nitrogens with zero attached hydrogens (tertiary/aromatic N) is 4. The number of amides is 1. The number of aromatic nitrogens is 4. The van der Waals surface area contributed by atoms with E-state index >= 15 is 0 Å². The second-order valence-corrected chi connectivity index (χ2v) is 9.32. The maximum atomic E-state index is 12.6. The molecule has 31 heavy (non-hydrogen) atoms. The SMILES string of the molecule is CCc1nnc2sc(-c3ccc(C)c(NC(=S)NC(=O)c4cc(Br)ccc4Cl)c3)nn12. The monoisotopic (exact) mass is 534 g/mol. The van der Waals surface area contributed by atoms with Crippen LogP contribution in [0.5, 0.6) is 0 Å². The Labute approximate surface area is 201 Å². The van der Waals surface area contributed by atoms with E-state index in [1.54, 1.807) is 22.7 Å². The van der Waals surface area contributed by atoms with Gasteiger partial charge in [-0.05, 0) is 49.0 Å². The summed E-state index contributed by atoms with van der Waals surface area (Å²) >= 11 is 16.3. The number of nitrogens with one attached hydrogen (secondary N) is 2. The van der Waals surface area contributed by atoms with Crippen LogP contribution in [0.1, 0.15) is 28.7 Å². The fraction of sp³-hybridized carbons (Fsp3) is 0.150. The first-order valence-electron chi connectivity index (χ1n) is 9.25. The third-order valence-electron chi connectivity index (χ3n) is 4.50. The van der Waals surface area contributed by atoms with Crippen molar-refractivity contribution in [3.8, 4) is 10.6 Å². The Morgan fingerprint density at radius 3 is 2.84 bits per heavy atom. The summed E-state index contributed by atoms with van der Waals surface area (Å²) < 4.78 is 2.51. The fourth-order valence-electron chi connectivity index (χ4n) is 2.88. The van der Waals surface area contributed by atoms with Gasteiger partial charge in [-0.25, -0.2) is 0 Å². The molecule has 0 spiro atoms. The normalized spacial score (nSPS) is 11.0. The number of hydrogen-bond donors (Lipinski definition) is 2. The van der Waals surface area contributed by atoms with Gasteiger partial charge in [-0.3, -0.25) is 10.1 Å². The molecule has 4 rings (SSSR count). The van der Waals surface area contributed by atoms with Crippen molar-refractivity contribution in [1.29, 1.82) is 0 Å². The molecule has 2 aromatic carbocycles. The molecule has 0 fully saturated rings. The summed E-state index contributed by atoms with van der Waals surface area (Å²) in [4.78, 5) is 13.3. The molecule has 7 nitrogen and oxygen atoms in total. The molecule has 0 unspecified atom stereocenters. The minimum atomic E-state index is -0.390. The molecule has 0 atom stereocenters. The zero-order valence-corrected chi connectivity index (χ0v) is 20.4. The summed E-state index contributed by atoms with van der Waals surface area (Å²) in [6.07, 6.45) is 0.751. The molecular weight excluding hydrogens is 520 g/mol. The third kappa shape index (κ3) is 4.62. The van der Waals surface area contributed by atoms with E-state index < -0.39 is 5.91 Å². The van der Waals surface area contributed by atoms with Crippen molar-refractivity contribution in [2.75, 3.05) is 5.32 Å². The average molecular weight is 536 g/mol. The molecule has 0 aliphatic heterocycles. The smallest absolute Gasteiger partial charge is 0.258 e. The Morgan fingerprint density at radius 1 is 1.26 bits per heavy atom. The summed E-state index contributed by atoms with van der Waals surface area (Å²) in [5.41, 5.74) is 2.98. The highest BCUT2D eigenvalue weighted by atomic mass is 79.9. The zero-order valence-electron chi connectivity index (χ0n) is 16.4. The lowest BCUT2D eigenvalue weighted by Gasteiger charge is -2.13. The molecule has 4 aromatic rings. The lowest BCUT2D eigenvalue weighted by molar-refractivity contribution is 0.0978. The van der Waals surface area contributed by atoms with Crippen LogP contribution in [-0.4, -0.2) is 30.8 Å². The highest BCUT2D eigenvalue weighted by Crippen LogP contribution is 2.29. The molecule has 158 valence electrons. The molecule has 1 amide bonds. The molecule has 0 bridgehead atoms. The third-order valence-corrected chi connectivity index (χ3v) is 6.48. The van der Waals surface area contributed by atoms with Gasteiger partial charge in [0, 0.05) is 22.1 Å². The quantitative estimate of drug-likeness (QED) is 0.347. The van der Waals surface area contributed by atoms with E-state index in [0.717, 1.165) is 43.5 Å². The molecule has 0 aliphatic rings. The van der Waals surface area contributed by atoms with Gasteiger partial charge in [0.05, 0.1) is 10.6 Å². The van der Waals surface area contributed by atoms with E-state index in [1.807, 2.05) is 32.0 Å². The van der Waals surface area contributed by atoms with Crippen LogP contribution in [0, 0.1) is 6.92 Å². The summed E-state index contributed by atoms with van der Waals surface area (Å²) in [6, 6.07) is 11.0. The molecule has 2 aromatic heterocycles. The van der Waals surface area contributed by atoms with Crippen molar-refractivity contribution in [2.24, 2.45) is 0 Å². The molecular formula is C20H16BrClN6OS2. The van der Waals surface area contributed by atoms with Crippen LogP contribution >= 0.6 is 51.1 Å². The van der Waals surface area contributed by atoms with E-state index in [2.05, 4.69) is 41.9 Å². The van der Waals surface area contributed by atoms with E-state index in [4.69, 9.17) is 23.8 Å². The molecule has 11 heteroatoms. The second kappa shape index (κ2) is 8.99. The molecule has 0 saturated heterocycles. The van der Waals surface area contributed by atoms with Gasteiger partial charge in [-0.2, -0.15) is 9.61 Å². The largest absolute Gasteiger partial charge is 0.332 e. The molecule has 2 heterocycles. The first-order chi connectivity index (χ1) is 14.9. The maximum absolute atomic E-state index is 12.6. The number of fused-ring (bicyclic) bond motifs is 1. The first-order valence-corrected chi connectivity index (χ1v) is 11.6. The van der Waals surface area contributed by atoms with Crippen molar-refractivity contribution >= 4 is 72.8 Å². The summed E-state index contributed by atoms with van der Waals surface area (Å²) in [5, 5.41) is 20.0. The standard InChI is InChI=1S/C20H16BrClN6OS2/c1-3-16-25-26-20-28(16)27-18(31-20)11-5-4-10(2)15(8-11)23-19(30)24-17(29)13-9-12(21)6-7-14(13)22/h4-9H,3H2,1-2H3,(H2,23,24,29,30). The topological polar surface area (TPSA) is 84.2 Å². The van der Waals surface area contributed by atoms with Crippen molar-refractivity contribution in [3.05, 3.63) is 62.8 Å². The number of halogens is 2. The zero-order chi connectivity index (χ0) is 22.1. The van der Waals surface area contributed by atoms with Crippen LogP contribution in [0.25, 0.3) is 15.5 Å². The van der Waals surface area contributed by atoms with Gasteiger partial charge in [0.1, 0.15) is 5.01 Å². The van der Waals surface area contributed by atoms with Gasteiger partial charge in [0.2, 0.25) is 4.96 Å². The minimum Gasteiger partial charge on any atom is -0.332 e. The number of aryl methyl sites for hydroxylation is 2. The number of carbonyl (C=O) groups is 1. The average Bonchev–Trinajstić information content (AvgIpc) is 3.32. The van der Waals surface area contributed by atoms with Crippen LogP contribution in [-0.2, 0) is 6.42 Å². The molecule has 0 radical (unpaired) electrons. The van der Waals surface area contributed by atoms with E-state index in [0.29, 0.717) is 10.6 Å².